The zero-order chi connectivity index (χ0) is 22.9. The number of esters is 2. The topological polar surface area (TPSA) is 71.1 Å². The molecule has 164 valence electrons. The molecule has 0 saturated heterocycles. The van der Waals surface area contributed by atoms with E-state index in [4.69, 9.17) is 18.9 Å². The van der Waals surface area contributed by atoms with Crippen molar-refractivity contribution in [2.75, 3.05) is 13.2 Å². The predicted molar refractivity (Wildman–Crippen MR) is 122 cm³/mol. The maximum atomic E-state index is 12.6. The lowest BCUT2D eigenvalue weighted by Gasteiger charge is -2.10. The first-order valence-corrected chi connectivity index (χ1v) is 10.2. The Morgan fingerprint density at radius 1 is 0.719 bits per heavy atom. The molecule has 0 spiro atoms. The van der Waals surface area contributed by atoms with E-state index in [-0.39, 0.29) is 11.1 Å². The van der Waals surface area contributed by atoms with E-state index in [0.29, 0.717) is 41.8 Å². The van der Waals surface area contributed by atoms with E-state index >= 15 is 0 Å². The fraction of sp³-hybridized carbons (Fsp3) is 0.154. The van der Waals surface area contributed by atoms with Gasteiger partial charge in [0.1, 0.15) is 23.0 Å². The van der Waals surface area contributed by atoms with Gasteiger partial charge in [-0.3, -0.25) is 0 Å². The molecular formula is C26H24O6. The lowest BCUT2D eigenvalue weighted by molar-refractivity contribution is 0.0720. The SMILES string of the molecule is C=Cc1cc(C(=O)Oc2ccc(OCC)cc2)ccc1C(=O)Oc1ccc(OCC)cc1. The third kappa shape index (κ3) is 5.76. The highest BCUT2D eigenvalue weighted by atomic mass is 16.5. The zero-order valence-corrected chi connectivity index (χ0v) is 18.0. The number of carbonyl (C=O) groups excluding carboxylic acids is 2. The molecule has 3 aromatic carbocycles. The summed E-state index contributed by atoms with van der Waals surface area (Å²) in [5.74, 6) is 1.04. The van der Waals surface area contributed by atoms with Crippen LogP contribution in [0, 0.1) is 0 Å². The average Bonchev–Trinajstić information content (AvgIpc) is 2.81. The molecule has 0 radical (unpaired) electrons. The molecule has 0 fully saturated rings. The lowest BCUT2D eigenvalue weighted by Crippen LogP contribution is -2.13. The van der Waals surface area contributed by atoms with Crippen LogP contribution in [0.4, 0.5) is 0 Å². The first-order valence-electron chi connectivity index (χ1n) is 10.2. The van der Waals surface area contributed by atoms with Gasteiger partial charge in [0.05, 0.1) is 24.3 Å². The summed E-state index contributed by atoms with van der Waals surface area (Å²) in [6, 6.07) is 18.1. The summed E-state index contributed by atoms with van der Waals surface area (Å²) >= 11 is 0. The minimum Gasteiger partial charge on any atom is -0.494 e. The molecular weight excluding hydrogens is 408 g/mol. The molecule has 6 nitrogen and oxygen atoms in total. The molecule has 0 aromatic heterocycles. The van der Waals surface area contributed by atoms with Crippen molar-refractivity contribution in [1.29, 1.82) is 0 Å². The van der Waals surface area contributed by atoms with Crippen LogP contribution in [0.5, 0.6) is 23.0 Å². The van der Waals surface area contributed by atoms with Gasteiger partial charge in [0.15, 0.2) is 0 Å². The van der Waals surface area contributed by atoms with Crippen LogP contribution in [0.15, 0.2) is 73.3 Å². The molecule has 3 aromatic rings. The molecule has 0 saturated carbocycles. The number of hydrogen-bond acceptors (Lipinski definition) is 6. The Hall–Kier alpha value is -4.06. The Kier molecular flexibility index (Phi) is 7.65. The number of benzene rings is 3. The van der Waals surface area contributed by atoms with Gasteiger partial charge in [-0.05, 0) is 86.1 Å². The van der Waals surface area contributed by atoms with Crippen LogP contribution in [0.1, 0.15) is 40.1 Å². The van der Waals surface area contributed by atoms with Crippen LogP contribution < -0.4 is 18.9 Å². The molecule has 0 amide bonds. The highest BCUT2D eigenvalue weighted by Crippen LogP contribution is 2.22. The second-order valence-electron chi connectivity index (χ2n) is 6.59. The normalized spacial score (nSPS) is 10.2. The largest absolute Gasteiger partial charge is 0.494 e. The van der Waals surface area contributed by atoms with Crippen molar-refractivity contribution in [3.05, 3.63) is 90.0 Å². The molecule has 3 rings (SSSR count). The van der Waals surface area contributed by atoms with Crippen LogP contribution >= 0.6 is 0 Å². The highest BCUT2D eigenvalue weighted by molar-refractivity contribution is 5.98. The Bertz CT molecular complexity index is 1080. The van der Waals surface area contributed by atoms with Crippen LogP contribution in [-0.2, 0) is 0 Å². The second-order valence-corrected chi connectivity index (χ2v) is 6.59. The molecule has 0 aliphatic carbocycles. The lowest BCUT2D eigenvalue weighted by atomic mass is 10.0. The van der Waals surface area contributed by atoms with E-state index in [0.717, 1.165) is 0 Å². The Morgan fingerprint density at radius 3 is 1.66 bits per heavy atom. The third-order valence-electron chi connectivity index (χ3n) is 4.42. The monoisotopic (exact) mass is 432 g/mol. The van der Waals surface area contributed by atoms with Gasteiger partial charge in [0.25, 0.3) is 0 Å². The van der Waals surface area contributed by atoms with E-state index in [1.807, 2.05) is 13.8 Å². The maximum absolute atomic E-state index is 12.6. The maximum Gasteiger partial charge on any atom is 0.344 e. The summed E-state index contributed by atoms with van der Waals surface area (Å²) in [6.45, 7) is 8.62. The Labute approximate surface area is 187 Å². The minimum absolute atomic E-state index is 0.284. The summed E-state index contributed by atoms with van der Waals surface area (Å²) in [5, 5.41) is 0. The minimum atomic E-state index is -0.560. The number of carbonyl (C=O) groups is 2. The number of rotatable bonds is 9. The van der Waals surface area contributed by atoms with Gasteiger partial charge in [-0.25, -0.2) is 9.59 Å². The van der Waals surface area contributed by atoms with Crippen LogP contribution in [0.3, 0.4) is 0 Å². The van der Waals surface area contributed by atoms with Crippen molar-refractivity contribution in [2.45, 2.75) is 13.8 Å². The van der Waals surface area contributed by atoms with Crippen molar-refractivity contribution < 1.29 is 28.5 Å². The van der Waals surface area contributed by atoms with Crippen molar-refractivity contribution >= 4 is 18.0 Å². The molecule has 32 heavy (non-hydrogen) atoms. The van der Waals surface area contributed by atoms with Gasteiger partial charge in [-0.1, -0.05) is 12.7 Å². The van der Waals surface area contributed by atoms with Crippen LogP contribution in [0.2, 0.25) is 0 Å². The van der Waals surface area contributed by atoms with Crippen LogP contribution in [-0.4, -0.2) is 25.2 Å². The van der Waals surface area contributed by atoms with Crippen molar-refractivity contribution in [1.82, 2.24) is 0 Å². The standard InChI is InChI=1S/C26H24O6/c1-4-18-17-19(25(27)31-22-12-8-20(9-13-22)29-5-2)7-16-24(18)26(28)32-23-14-10-21(11-15-23)30-6-3/h4,7-17H,1,5-6H2,2-3H3. The molecule has 0 aliphatic rings. The number of hydrogen-bond donors (Lipinski definition) is 0. The second kappa shape index (κ2) is 10.8. The fourth-order valence-electron chi connectivity index (χ4n) is 2.91. The summed E-state index contributed by atoms with van der Waals surface area (Å²) < 4.78 is 21.6. The van der Waals surface area contributed by atoms with Gasteiger partial charge < -0.3 is 18.9 Å². The number of ether oxygens (including phenoxy) is 4. The van der Waals surface area contributed by atoms with E-state index in [2.05, 4.69) is 6.58 Å². The average molecular weight is 432 g/mol. The predicted octanol–water partition coefficient (Wildman–Crippen LogP) is 5.57. The van der Waals surface area contributed by atoms with Crippen molar-refractivity contribution in [3.63, 3.8) is 0 Å². The van der Waals surface area contributed by atoms with Crippen molar-refractivity contribution in [2.24, 2.45) is 0 Å². The molecule has 0 atom stereocenters. The van der Waals surface area contributed by atoms with Gasteiger partial charge >= 0.3 is 11.9 Å². The van der Waals surface area contributed by atoms with E-state index in [1.54, 1.807) is 54.6 Å². The molecule has 6 heteroatoms. The molecule has 0 aliphatic heterocycles. The summed E-state index contributed by atoms with van der Waals surface area (Å²) in [5.41, 5.74) is 1.03. The van der Waals surface area contributed by atoms with Gasteiger partial charge in [0, 0.05) is 0 Å². The summed E-state index contributed by atoms with van der Waals surface area (Å²) in [7, 11) is 0. The smallest absolute Gasteiger partial charge is 0.344 e. The Balaban J connectivity index is 1.70. The van der Waals surface area contributed by atoms with E-state index in [1.165, 1.54) is 18.2 Å². The third-order valence-corrected chi connectivity index (χ3v) is 4.42. The van der Waals surface area contributed by atoms with E-state index in [9.17, 15) is 9.59 Å². The molecule has 0 bridgehead atoms. The first-order chi connectivity index (χ1) is 15.5. The van der Waals surface area contributed by atoms with Gasteiger partial charge in [0.2, 0.25) is 0 Å². The van der Waals surface area contributed by atoms with Gasteiger partial charge in [-0.2, -0.15) is 0 Å². The van der Waals surface area contributed by atoms with Gasteiger partial charge in [-0.15, -0.1) is 0 Å². The molecule has 0 N–H and O–H groups in total. The quantitative estimate of drug-likeness (QED) is 0.325. The zero-order valence-electron chi connectivity index (χ0n) is 18.0. The highest BCUT2D eigenvalue weighted by Gasteiger charge is 2.16. The summed E-state index contributed by atoms with van der Waals surface area (Å²) in [4.78, 5) is 25.2. The van der Waals surface area contributed by atoms with Crippen molar-refractivity contribution in [3.8, 4) is 23.0 Å². The fourth-order valence-corrected chi connectivity index (χ4v) is 2.91. The van der Waals surface area contributed by atoms with Crippen LogP contribution in [0.25, 0.3) is 6.08 Å². The molecule has 0 heterocycles. The van der Waals surface area contributed by atoms with E-state index < -0.39 is 11.9 Å². The Morgan fingerprint density at radius 2 is 1.19 bits per heavy atom. The summed E-state index contributed by atoms with van der Waals surface area (Å²) in [6.07, 6.45) is 1.49. The first kappa shape index (κ1) is 22.6. The molecule has 0 unspecified atom stereocenters.